The summed E-state index contributed by atoms with van der Waals surface area (Å²) < 4.78 is 50.1. The molecule has 3 nitrogen and oxygen atoms in total. The third-order valence-electron chi connectivity index (χ3n) is 2.86. The molecular formula is C14H12ClF2NO2S. The Bertz CT molecular complexity index is 779. The minimum absolute atomic E-state index is 0.0392. The van der Waals surface area contributed by atoms with Crippen LogP contribution in [0, 0.1) is 11.6 Å². The second-order valence-electron chi connectivity index (χ2n) is 4.47. The lowest BCUT2D eigenvalue weighted by atomic mass is 10.2. The third-order valence-corrected chi connectivity index (χ3v) is 4.39. The van der Waals surface area contributed by atoms with Gasteiger partial charge in [-0.25, -0.2) is 17.2 Å². The van der Waals surface area contributed by atoms with Gasteiger partial charge in [-0.3, -0.25) is 0 Å². The molecule has 7 heteroatoms. The first-order valence-corrected chi connectivity index (χ1v) is 8.22. The van der Waals surface area contributed by atoms with Crippen molar-refractivity contribution in [2.45, 2.75) is 11.4 Å². The number of benzene rings is 2. The molecule has 0 radical (unpaired) electrons. The Balaban J connectivity index is 2.34. The molecule has 2 rings (SSSR count). The number of rotatable bonds is 4. The van der Waals surface area contributed by atoms with E-state index >= 15 is 0 Å². The van der Waals surface area contributed by atoms with Crippen LogP contribution >= 0.6 is 11.6 Å². The number of sulfone groups is 1. The van der Waals surface area contributed by atoms with E-state index in [9.17, 15) is 17.2 Å². The van der Waals surface area contributed by atoms with Crippen molar-refractivity contribution >= 4 is 27.1 Å². The van der Waals surface area contributed by atoms with Crippen LogP contribution in [0.5, 0.6) is 0 Å². The maximum Gasteiger partial charge on any atom is 0.175 e. The predicted octanol–water partition coefficient (Wildman–Crippen LogP) is 3.63. The molecular weight excluding hydrogens is 320 g/mol. The highest BCUT2D eigenvalue weighted by atomic mass is 35.5. The van der Waals surface area contributed by atoms with E-state index in [2.05, 4.69) is 5.32 Å². The number of halogens is 3. The van der Waals surface area contributed by atoms with Gasteiger partial charge in [-0.2, -0.15) is 0 Å². The highest BCUT2D eigenvalue weighted by Crippen LogP contribution is 2.25. The minimum Gasteiger partial charge on any atom is -0.378 e. The summed E-state index contributed by atoms with van der Waals surface area (Å²) in [6.45, 7) is -0.0392. The minimum atomic E-state index is -3.47. The van der Waals surface area contributed by atoms with Crippen molar-refractivity contribution in [3.05, 3.63) is 58.6 Å². The van der Waals surface area contributed by atoms with Crippen molar-refractivity contribution in [1.29, 1.82) is 0 Å². The van der Waals surface area contributed by atoms with E-state index in [0.717, 1.165) is 24.5 Å². The van der Waals surface area contributed by atoms with Gasteiger partial charge in [0.15, 0.2) is 9.84 Å². The fourth-order valence-corrected chi connectivity index (χ4v) is 3.13. The molecule has 0 heterocycles. The second kappa shape index (κ2) is 5.99. The van der Waals surface area contributed by atoms with Gasteiger partial charge in [0.1, 0.15) is 11.6 Å². The highest BCUT2D eigenvalue weighted by Gasteiger charge is 2.16. The molecule has 2 aromatic rings. The molecule has 0 bridgehead atoms. The fraction of sp³-hybridized carbons (Fsp3) is 0.143. The Kier molecular flexibility index (Phi) is 4.49. The van der Waals surface area contributed by atoms with Crippen LogP contribution in [0.1, 0.15) is 5.56 Å². The molecule has 0 aliphatic heterocycles. The first-order chi connectivity index (χ1) is 9.79. The van der Waals surface area contributed by atoms with Gasteiger partial charge < -0.3 is 5.32 Å². The van der Waals surface area contributed by atoms with Crippen LogP contribution in [0.2, 0.25) is 5.02 Å². The average molecular weight is 332 g/mol. The van der Waals surface area contributed by atoms with Crippen LogP contribution in [0.25, 0.3) is 0 Å². The molecule has 0 unspecified atom stereocenters. The lowest BCUT2D eigenvalue weighted by molar-refractivity contribution is 0.599. The van der Waals surface area contributed by atoms with Gasteiger partial charge in [0.05, 0.1) is 10.6 Å². The zero-order valence-electron chi connectivity index (χ0n) is 11.0. The Morgan fingerprint density at radius 2 is 1.90 bits per heavy atom. The first-order valence-electron chi connectivity index (χ1n) is 5.95. The maximum absolute atomic E-state index is 13.5. The van der Waals surface area contributed by atoms with Gasteiger partial charge in [-0.15, -0.1) is 0 Å². The number of anilines is 1. The summed E-state index contributed by atoms with van der Waals surface area (Å²) in [5.74, 6) is -1.23. The van der Waals surface area contributed by atoms with Gasteiger partial charge in [0.2, 0.25) is 0 Å². The molecule has 0 fully saturated rings. The molecule has 0 aliphatic rings. The predicted molar refractivity (Wildman–Crippen MR) is 78.2 cm³/mol. The zero-order chi connectivity index (χ0) is 15.6. The Morgan fingerprint density at radius 1 is 1.19 bits per heavy atom. The molecule has 21 heavy (non-hydrogen) atoms. The van der Waals surface area contributed by atoms with E-state index in [4.69, 9.17) is 11.6 Å². The smallest absolute Gasteiger partial charge is 0.175 e. The lowest BCUT2D eigenvalue weighted by Crippen LogP contribution is -2.08. The molecule has 0 atom stereocenters. The molecule has 0 amide bonds. The summed E-state index contributed by atoms with van der Waals surface area (Å²) in [7, 11) is -3.47. The summed E-state index contributed by atoms with van der Waals surface area (Å²) in [4.78, 5) is 0.0549. The largest absolute Gasteiger partial charge is 0.378 e. The molecule has 2 aromatic carbocycles. The van der Waals surface area contributed by atoms with Gasteiger partial charge in [-0.05, 0) is 30.3 Å². The van der Waals surface area contributed by atoms with Crippen LogP contribution in [0.4, 0.5) is 14.5 Å². The number of hydrogen-bond acceptors (Lipinski definition) is 3. The SMILES string of the molecule is CS(=O)(=O)c1cccc(Cl)c1CNc1cc(F)ccc1F. The van der Waals surface area contributed by atoms with E-state index in [1.54, 1.807) is 0 Å². The lowest BCUT2D eigenvalue weighted by Gasteiger charge is -2.12. The summed E-state index contributed by atoms with van der Waals surface area (Å²) in [6, 6.07) is 7.45. The normalized spacial score (nSPS) is 11.4. The summed E-state index contributed by atoms with van der Waals surface area (Å²) in [5, 5.41) is 2.90. The van der Waals surface area contributed by atoms with Crippen molar-refractivity contribution in [3.63, 3.8) is 0 Å². The molecule has 0 aromatic heterocycles. The van der Waals surface area contributed by atoms with Gasteiger partial charge in [0.25, 0.3) is 0 Å². The Hall–Kier alpha value is -1.66. The molecule has 112 valence electrons. The molecule has 0 saturated heterocycles. The van der Waals surface area contributed by atoms with Crippen LogP contribution < -0.4 is 5.32 Å². The fourth-order valence-electron chi connectivity index (χ4n) is 1.87. The van der Waals surface area contributed by atoms with E-state index in [1.165, 1.54) is 18.2 Å². The monoisotopic (exact) mass is 331 g/mol. The zero-order valence-corrected chi connectivity index (χ0v) is 12.6. The molecule has 0 aliphatic carbocycles. The average Bonchev–Trinajstić information content (AvgIpc) is 2.39. The summed E-state index contributed by atoms with van der Waals surface area (Å²) >= 11 is 6.00. The molecule has 1 N–H and O–H groups in total. The number of hydrogen-bond donors (Lipinski definition) is 1. The summed E-state index contributed by atoms with van der Waals surface area (Å²) in [5.41, 5.74) is 0.250. The Morgan fingerprint density at radius 3 is 2.57 bits per heavy atom. The quantitative estimate of drug-likeness (QED) is 0.930. The number of nitrogens with one attached hydrogen (secondary N) is 1. The standard InChI is InChI=1S/C14H12ClF2NO2S/c1-21(19,20)14-4-2-3-11(15)10(14)8-18-13-7-9(16)5-6-12(13)17/h2-7,18H,8H2,1H3. The maximum atomic E-state index is 13.5. The van der Waals surface area contributed by atoms with E-state index < -0.39 is 21.5 Å². The van der Waals surface area contributed by atoms with Crippen molar-refractivity contribution in [1.82, 2.24) is 0 Å². The van der Waals surface area contributed by atoms with E-state index in [1.807, 2.05) is 0 Å². The van der Waals surface area contributed by atoms with Crippen molar-refractivity contribution in [2.75, 3.05) is 11.6 Å². The molecule has 0 saturated carbocycles. The van der Waals surface area contributed by atoms with Gasteiger partial charge in [0, 0.05) is 23.4 Å². The summed E-state index contributed by atoms with van der Waals surface area (Å²) in [6.07, 6.45) is 1.06. The van der Waals surface area contributed by atoms with Crippen molar-refractivity contribution in [2.24, 2.45) is 0 Å². The van der Waals surface area contributed by atoms with Crippen molar-refractivity contribution in [3.8, 4) is 0 Å². The van der Waals surface area contributed by atoms with E-state index in [0.29, 0.717) is 5.56 Å². The van der Waals surface area contributed by atoms with Crippen LogP contribution in [-0.2, 0) is 16.4 Å². The first kappa shape index (κ1) is 15.7. The van der Waals surface area contributed by atoms with Crippen LogP contribution in [0.15, 0.2) is 41.3 Å². The topological polar surface area (TPSA) is 46.2 Å². The van der Waals surface area contributed by atoms with E-state index in [-0.39, 0.29) is 22.2 Å². The molecule has 0 spiro atoms. The Labute approximate surface area is 126 Å². The van der Waals surface area contributed by atoms with Crippen molar-refractivity contribution < 1.29 is 17.2 Å². The second-order valence-corrected chi connectivity index (χ2v) is 6.86. The van der Waals surface area contributed by atoms with Gasteiger partial charge >= 0.3 is 0 Å². The third kappa shape index (κ3) is 3.71. The van der Waals surface area contributed by atoms with Gasteiger partial charge in [-0.1, -0.05) is 17.7 Å². The van der Waals surface area contributed by atoms with Crippen LogP contribution in [-0.4, -0.2) is 14.7 Å². The van der Waals surface area contributed by atoms with Crippen LogP contribution in [0.3, 0.4) is 0 Å². The highest BCUT2D eigenvalue weighted by molar-refractivity contribution is 7.90.